The first-order chi connectivity index (χ1) is 12.2. The second-order valence-electron chi connectivity index (χ2n) is 5.67. The number of carbonyl (C=O) groups is 1. The lowest BCUT2D eigenvalue weighted by Gasteiger charge is -2.10. The first-order valence-corrected chi connectivity index (χ1v) is 7.87. The lowest BCUT2D eigenvalue weighted by molar-refractivity contribution is 0.0951. The minimum atomic E-state index is -0.162. The lowest BCUT2D eigenvalue weighted by atomic mass is 10.1. The Hall–Kier alpha value is -3.48. The third-order valence-corrected chi connectivity index (χ3v) is 4.07. The van der Waals surface area contributed by atoms with Crippen LogP contribution in [0.2, 0.25) is 0 Å². The van der Waals surface area contributed by atoms with Crippen molar-refractivity contribution in [3.8, 4) is 11.4 Å². The largest absolute Gasteiger partial charge is 0.346 e. The van der Waals surface area contributed by atoms with E-state index in [2.05, 4.69) is 25.5 Å². The van der Waals surface area contributed by atoms with Crippen LogP contribution in [-0.2, 0) is 13.6 Å². The summed E-state index contributed by atoms with van der Waals surface area (Å²) in [5.41, 5.74) is 2.84. The molecule has 0 bridgehead atoms. The van der Waals surface area contributed by atoms with Gasteiger partial charge in [-0.1, -0.05) is 18.2 Å². The Morgan fingerprint density at radius 3 is 2.88 bits per heavy atom. The molecule has 1 amide bonds. The zero-order valence-corrected chi connectivity index (χ0v) is 13.6. The van der Waals surface area contributed by atoms with Gasteiger partial charge in [0.15, 0.2) is 5.65 Å². The van der Waals surface area contributed by atoms with Gasteiger partial charge in [0, 0.05) is 36.6 Å². The molecule has 4 aromatic rings. The first-order valence-electron chi connectivity index (χ1n) is 7.87. The predicted octanol–water partition coefficient (Wildman–Crippen LogP) is 2.29. The van der Waals surface area contributed by atoms with Crippen LogP contribution in [0.15, 0.2) is 55.0 Å². The Kier molecular flexibility index (Phi) is 3.74. The van der Waals surface area contributed by atoms with Gasteiger partial charge in [0.25, 0.3) is 5.91 Å². The highest BCUT2D eigenvalue weighted by Gasteiger charge is 2.15. The quantitative estimate of drug-likeness (QED) is 0.600. The van der Waals surface area contributed by atoms with E-state index in [0.29, 0.717) is 17.8 Å². The van der Waals surface area contributed by atoms with Crippen molar-refractivity contribution in [2.45, 2.75) is 6.54 Å². The SMILES string of the molecule is Cn1ccnc1-c1ccccc1C(=O)NCc1[nH]nc2ncccc12. The Labute approximate surface area is 143 Å². The van der Waals surface area contributed by atoms with Gasteiger partial charge in [0.2, 0.25) is 0 Å². The molecule has 2 N–H and O–H groups in total. The Morgan fingerprint density at radius 1 is 1.16 bits per heavy atom. The van der Waals surface area contributed by atoms with Crippen molar-refractivity contribution in [2.75, 3.05) is 0 Å². The summed E-state index contributed by atoms with van der Waals surface area (Å²) in [5, 5.41) is 10.9. The van der Waals surface area contributed by atoms with Crippen LogP contribution in [0.4, 0.5) is 0 Å². The van der Waals surface area contributed by atoms with Gasteiger partial charge in [-0.3, -0.25) is 9.89 Å². The average molecular weight is 332 g/mol. The molecule has 7 nitrogen and oxygen atoms in total. The molecule has 4 rings (SSSR count). The molecular weight excluding hydrogens is 316 g/mol. The number of H-pyrrole nitrogens is 1. The minimum absolute atomic E-state index is 0.162. The number of amides is 1. The van der Waals surface area contributed by atoms with Crippen molar-refractivity contribution in [1.82, 2.24) is 30.0 Å². The van der Waals surface area contributed by atoms with E-state index in [1.807, 2.05) is 48.1 Å². The minimum Gasteiger partial charge on any atom is -0.346 e. The van der Waals surface area contributed by atoms with E-state index in [-0.39, 0.29) is 5.91 Å². The zero-order valence-electron chi connectivity index (χ0n) is 13.6. The maximum Gasteiger partial charge on any atom is 0.252 e. The van der Waals surface area contributed by atoms with Crippen LogP contribution in [0.1, 0.15) is 16.1 Å². The second kappa shape index (κ2) is 6.20. The van der Waals surface area contributed by atoms with Crippen LogP contribution in [0.3, 0.4) is 0 Å². The Bertz CT molecular complexity index is 1050. The number of imidazole rings is 1. The van der Waals surface area contributed by atoms with Gasteiger partial charge in [-0.05, 0) is 18.2 Å². The van der Waals surface area contributed by atoms with Crippen molar-refractivity contribution in [3.63, 3.8) is 0 Å². The van der Waals surface area contributed by atoms with Gasteiger partial charge in [-0.25, -0.2) is 9.97 Å². The van der Waals surface area contributed by atoms with E-state index in [9.17, 15) is 4.79 Å². The molecule has 0 radical (unpaired) electrons. The van der Waals surface area contributed by atoms with Crippen molar-refractivity contribution < 1.29 is 4.79 Å². The summed E-state index contributed by atoms with van der Waals surface area (Å²) in [4.78, 5) is 21.2. The van der Waals surface area contributed by atoms with Gasteiger partial charge in [-0.15, -0.1) is 0 Å². The summed E-state index contributed by atoms with van der Waals surface area (Å²) in [6, 6.07) is 11.2. The maximum atomic E-state index is 12.7. The summed E-state index contributed by atoms with van der Waals surface area (Å²) in [5.74, 6) is 0.590. The molecule has 3 aromatic heterocycles. The number of benzene rings is 1. The van der Waals surface area contributed by atoms with Crippen LogP contribution in [0.25, 0.3) is 22.4 Å². The van der Waals surface area contributed by atoms with Crippen LogP contribution in [0, 0.1) is 0 Å². The monoisotopic (exact) mass is 332 g/mol. The molecule has 0 aliphatic rings. The van der Waals surface area contributed by atoms with Crippen LogP contribution >= 0.6 is 0 Å². The standard InChI is InChI=1S/C18H16N6O/c1-24-10-9-20-17(24)12-5-2-3-6-13(12)18(25)21-11-15-14-7-4-8-19-16(14)23-22-15/h2-10H,11H2,1H3,(H,21,25)(H,19,22,23). The average Bonchev–Trinajstić information content (AvgIpc) is 3.26. The molecule has 0 atom stereocenters. The number of aromatic amines is 1. The molecule has 124 valence electrons. The topological polar surface area (TPSA) is 88.5 Å². The van der Waals surface area contributed by atoms with Crippen LogP contribution < -0.4 is 5.32 Å². The molecule has 0 saturated heterocycles. The number of pyridine rings is 1. The molecule has 0 spiro atoms. The number of carbonyl (C=O) groups excluding carboxylic acids is 1. The van der Waals surface area contributed by atoms with Crippen molar-refractivity contribution in [3.05, 3.63) is 66.2 Å². The van der Waals surface area contributed by atoms with Crippen molar-refractivity contribution in [1.29, 1.82) is 0 Å². The lowest BCUT2D eigenvalue weighted by Crippen LogP contribution is -2.24. The smallest absolute Gasteiger partial charge is 0.252 e. The summed E-state index contributed by atoms with van der Waals surface area (Å²) in [7, 11) is 1.90. The number of fused-ring (bicyclic) bond motifs is 1. The van der Waals surface area contributed by atoms with Crippen LogP contribution in [-0.4, -0.2) is 30.6 Å². The maximum absolute atomic E-state index is 12.7. The molecule has 7 heteroatoms. The molecular formula is C18H16N6O. The molecule has 0 fully saturated rings. The number of hydrogen-bond acceptors (Lipinski definition) is 4. The fourth-order valence-electron chi connectivity index (χ4n) is 2.80. The number of aryl methyl sites for hydroxylation is 1. The molecule has 0 aliphatic heterocycles. The number of aromatic nitrogens is 5. The van der Waals surface area contributed by atoms with Gasteiger partial charge in [0.05, 0.1) is 17.8 Å². The van der Waals surface area contributed by atoms with Gasteiger partial charge < -0.3 is 9.88 Å². The van der Waals surface area contributed by atoms with E-state index < -0.39 is 0 Å². The zero-order chi connectivity index (χ0) is 17.2. The van der Waals surface area contributed by atoms with Gasteiger partial charge in [0.1, 0.15) is 5.82 Å². The molecule has 1 aromatic carbocycles. The number of nitrogens with one attached hydrogen (secondary N) is 2. The molecule has 3 heterocycles. The number of nitrogens with zero attached hydrogens (tertiary/aromatic N) is 4. The van der Waals surface area contributed by atoms with E-state index in [0.717, 1.165) is 22.5 Å². The molecule has 25 heavy (non-hydrogen) atoms. The fraction of sp³-hybridized carbons (Fsp3) is 0.111. The van der Waals surface area contributed by atoms with E-state index in [1.54, 1.807) is 18.5 Å². The van der Waals surface area contributed by atoms with E-state index >= 15 is 0 Å². The summed E-state index contributed by atoms with van der Waals surface area (Å²) in [6.45, 7) is 0.343. The molecule has 0 aliphatic carbocycles. The Balaban J connectivity index is 1.59. The third-order valence-electron chi connectivity index (χ3n) is 4.07. The second-order valence-corrected chi connectivity index (χ2v) is 5.67. The fourth-order valence-corrected chi connectivity index (χ4v) is 2.80. The normalized spacial score (nSPS) is 10.9. The highest BCUT2D eigenvalue weighted by Crippen LogP contribution is 2.21. The molecule has 0 saturated carbocycles. The highest BCUT2D eigenvalue weighted by atomic mass is 16.1. The third kappa shape index (κ3) is 2.76. The van der Waals surface area contributed by atoms with Crippen LogP contribution in [0.5, 0.6) is 0 Å². The van der Waals surface area contributed by atoms with Crippen molar-refractivity contribution >= 4 is 16.9 Å². The van der Waals surface area contributed by atoms with Gasteiger partial charge >= 0.3 is 0 Å². The summed E-state index contributed by atoms with van der Waals surface area (Å²) < 4.78 is 1.89. The van der Waals surface area contributed by atoms with Gasteiger partial charge in [-0.2, -0.15) is 5.10 Å². The van der Waals surface area contributed by atoms with Crippen molar-refractivity contribution in [2.24, 2.45) is 7.05 Å². The molecule has 0 unspecified atom stereocenters. The van der Waals surface area contributed by atoms with E-state index in [4.69, 9.17) is 0 Å². The predicted molar refractivity (Wildman–Crippen MR) is 93.7 cm³/mol. The summed E-state index contributed by atoms with van der Waals surface area (Å²) >= 11 is 0. The number of hydrogen-bond donors (Lipinski definition) is 2. The Morgan fingerprint density at radius 2 is 2.04 bits per heavy atom. The summed E-state index contributed by atoms with van der Waals surface area (Å²) in [6.07, 6.45) is 5.26. The first kappa shape index (κ1) is 15.1. The number of rotatable bonds is 4. The van der Waals surface area contributed by atoms with E-state index in [1.165, 1.54) is 0 Å². The highest BCUT2D eigenvalue weighted by molar-refractivity contribution is 6.00.